The summed E-state index contributed by atoms with van der Waals surface area (Å²) in [5.74, 6) is -0.404. The summed E-state index contributed by atoms with van der Waals surface area (Å²) < 4.78 is 12.9. The molecule has 0 spiro atoms. The van der Waals surface area contributed by atoms with Crippen molar-refractivity contribution in [1.29, 1.82) is 0 Å². The van der Waals surface area contributed by atoms with Gasteiger partial charge in [-0.2, -0.15) is 0 Å². The number of nitrogens with zero attached hydrogens (tertiary/aromatic N) is 2. The van der Waals surface area contributed by atoms with Gasteiger partial charge >= 0.3 is 0 Å². The number of rotatable bonds is 3. The zero-order valence-electron chi connectivity index (χ0n) is 8.72. The first kappa shape index (κ1) is 11.4. The third kappa shape index (κ3) is 2.94. The average Bonchev–Trinajstić information content (AvgIpc) is 2.29. The van der Waals surface area contributed by atoms with Crippen molar-refractivity contribution in [3.8, 4) is 0 Å². The molecule has 17 heavy (non-hydrogen) atoms. The zero-order valence-corrected chi connectivity index (χ0v) is 9.54. The zero-order chi connectivity index (χ0) is 12.3. The maximum Gasteiger partial charge on any atom is 0.143 e. The van der Waals surface area contributed by atoms with Crippen LogP contribution >= 0.6 is 12.2 Å². The second-order valence-corrected chi connectivity index (χ2v) is 3.75. The number of halogens is 1. The Morgan fingerprint density at radius 2 is 2.12 bits per heavy atom. The van der Waals surface area contributed by atoms with Gasteiger partial charge in [-0.25, -0.2) is 4.39 Å². The van der Waals surface area contributed by atoms with Crippen LogP contribution in [0.15, 0.2) is 36.8 Å². The highest BCUT2D eigenvalue weighted by Gasteiger charge is 2.01. The van der Waals surface area contributed by atoms with Gasteiger partial charge in [-0.15, -0.1) is 0 Å². The third-order valence-corrected chi connectivity index (χ3v) is 2.22. The van der Waals surface area contributed by atoms with Crippen LogP contribution in [-0.4, -0.2) is 15.0 Å². The Bertz CT molecular complexity index is 559. The van der Waals surface area contributed by atoms with Gasteiger partial charge in [0, 0.05) is 18.0 Å². The predicted molar refractivity (Wildman–Crippen MR) is 67.6 cm³/mol. The van der Waals surface area contributed by atoms with Crippen molar-refractivity contribution in [2.75, 3.05) is 5.32 Å². The van der Waals surface area contributed by atoms with Gasteiger partial charge in [0.05, 0.1) is 23.8 Å². The quantitative estimate of drug-likeness (QED) is 0.813. The molecule has 0 unspecified atom stereocenters. The lowest BCUT2D eigenvalue weighted by Gasteiger charge is -2.06. The number of thiocarbonyl (C=S) groups is 1. The normalized spacial score (nSPS) is 9.94. The van der Waals surface area contributed by atoms with Crippen LogP contribution in [0.25, 0.3) is 0 Å². The number of hydrogen-bond acceptors (Lipinski definition) is 4. The Kier molecular flexibility index (Phi) is 3.24. The smallest absolute Gasteiger partial charge is 0.143 e. The second-order valence-electron chi connectivity index (χ2n) is 3.31. The summed E-state index contributed by atoms with van der Waals surface area (Å²) in [5, 5.41) is 2.98. The number of anilines is 2. The lowest BCUT2D eigenvalue weighted by Crippen LogP contribution is -2.11. The fourth-order valence-corrected chi connectivity index (χ4v) is 1.40. The van der Waals surface area contributed by atoms with E-state index in [1.807, 2.05) is 0 Å². The van der Waals surface area contributed by atoms with Crippen molar-refractivity contribution in [2.45, 2.75) is 0 Å². The van der Waals surface area contributed by atoms with Crippen molar-refractivity contribution in [3.05, 3.63) is 48.3 Å². The third-order valence-electron chi connectivity index (χ3n) is 2.01. The van der Waals surface area contributed by atoms with Crippen LogP contribution in [0.1, 0.15) is 5.69 Å². The summed E-state index contributed by atoms with van der Waals surface area (Å²) in [5.41, 5.74) is 7.24. The van der Waals surface area contributed by atoms with E-state index in [0.29, 0.717) is 11.4 Å². The molecule has 0 aromatic carbocycles. The molecule has 0 aliphatic heterocycles. The summed E-state index contributed by atoms with van der Waals surface area (Å²) in [6.07, 6.45) is 4.23. The number of aromatic nitrogens is 2. The summed E-state index contributed by atoms with van der Waals surface area (Å²) in [7, 11) is 0. The first-order valence-electron chi connectivity index (χ1n) is 4.78. The van der Waals surface area contributed by atoms with Gasteiger partial charge in [0.1, 0.15) is 10.8 Å². The van der Waals surface area contributed by atoms with Crippen LogP contribution in [0.3, 0.4) is 0 Å². The van der Waals surface area contributed by atoms with Crippen LogP contribution in [0.5, 0.6) is 0 Å². The van der Waals surface area contributed by atoms with Crippen LogP contribution in [0, 0.1) is 5.82 Å². The lowest BCUT2D eigenvalue weighted by atomic mass is 10.3. The highest BCUT2D eigenvalue weighted by atomic mass is 32.1. The SMILES string of the molecule is NC(=S)c1cc(Nc2cncc(F)c2)ccn1. The molecule has 4 nitrogen and oxygen atoms in total. The van der Waals surface area contributed by atoms with E-state index in [4.69, 9.17) is 18.0 Å². The van der Waals surface area contributed by atoms with Gasteiger partial charge < -0.3 is 11.1 Å². The van der Waals surface area contributed by atoms with Gasteiger partial charge in [-0.05, 0) is 12.1 Å². The van der Waals surface area contributed by atoms with Gasteiger partial charge in [0.2, 0.25) is 0 Å². The average molecular weight is 248 g/mol. The molecule has 2 rings (SSSR count). The maximum atomic E-state index is 12.9. The number of nitrogens with one attached hydrogen (secondary N) is 1. The first-order valence-corrected chi connectivity index (χ1v) is 5.19. The maximum absolute atomic E-state index is 12.9. The topological polar surface area (TPSA) is 63.8 Å². The molecule has 6 heteroatoms. The van der Waals surface area contributed by atoms with E-state index in [-0.39, 0.29) is 4.99 Å². The molecule has 2 aromatic heterocycles. The highest BCUT2D eigenvalue weighted by Crippen LogP contribution is 2.16. The molecule has 2 heterocycles. The molecule has 3 N–H and O–H groups in total. The molecule has 0 radical (unpaired) electrons. The molecule has 0 amide bonds. The minimum absolute atomic E-state index is 0.214. The van der Waals surface area contributed by atoms with Crippen molar-refractivity contribution in [3.63, 3.8) is 0 Å². The van der Waals surface area contributed by atoms with Crippen LogP contribution in [-0.2, 0) is 0 Å². The van der Waals surface area contributed by atoms with E-state index >= 15 is 0 Å². The number of pyridine rings is 2. The fourth-order valence-electron chi connectivity index (χ4n) is 1.29. The van der Waals surface area contributed by atoms with E-state index < -0.39 is 5.82 Å². The van der Waals surface area contributed by atoms with Gasteiger partial charge in [-0.1, -0.05) is 12.2 Å². The molecule has 0 saturated heterocycles. The van der Waals surface area contributed by atoms with Gasteiger partial charge in [-0.3, -0.25) is 9.97 Å². The molecule has 0 atom stereocenters. The van der Waals surface area contributed by atoms with Crippen molar-refractivity contribution < 1.29 is 4.39 Å². The minimum Gasteiger partial charge on any atom is -0.388 e. The minimum atomic E-state index is -0.404. The van der Waals surface area contributed by atoms with E-state index in [2.05, 4.69) is 15.3 Å². The van der Waals surface area contributed by atoms with Gasteiger partial charge in [0.25, 0.3) is 0 Å². The molecular formula is C11H9FN4S. The van der Waals surface area contributed by atoms with Crippen molar-refractivity contribution in [1.82, 2.24) is 9.97 Å². The van der Waals surface area contributed by atoms with Crippen LogP contribution in [0.2, 0.25) is 0 Å². The molecule has 0 aliphatic rings. The van der Waals surface area contributed by atoms with E-state index in [9.17, 15) is 4.39 Å². The number of hydrogen-bond donors (Lipinski definition) is 2. The highest BCUT2D eigenvalue weighted by molar-refractivity contribution is 7.80. The van der Waals surface area contributed by atoms with E-state index in [1.165, 1.54) is 12.3 Å². The Hall–Kier alpha value is -2.08. The molecule has 86 valence electrons. The summed E-state index contributed by atoms with van der Waals surface area (Å²) >= 11 is 4.82. The molecule has 0 fully saturated rings. The van der Waals surface area contributed by atoms with Crippen molar-refractivity contribution in [2.24, 2.45) is 5.73 Å². The Labute approximate surface area is 103 Å². The monoisotopic (exact) mass is 248 g/mol. The largest absolute Gasteiger partial charge is 0.388 e. The lowest BCUT2D eigenvalue weighted by molar-refractivity contribution is 0.622. The molecule has 2 aromatic rings. The van der Waals surface area contributed by atoms with Crippen LogP contribution in [0.4, 0.5) is 15.8 Å². The molecule has 0 aliphatic carbocycles. The van der Waals surface area contributed by atoms with E-state index in [1.54, 1.807) is 18.3 Å². The fraction of sp³-hybridized carbons (Fsp3) is 0. The van der Waals surface area contributed by atoms with Crippen molar-refractivity contribution >= 4 is 28.6 Å². The van der Waals surface area contributed by atoms with Crippen LogP contribution < -0.4 is 11.1 Å². The number of nitrogens with two attached hydrogens (primary N) is 1. The molecule has 0 bridgehead atoms. The standard InChI is InChI=1S/C11H9FN4S/c12-7-3-9(6-14-5-7)16-8-1-2-15-10(4-8)11(13)17/h1-6H,(H2,13,17)(H,15,16). The molecular weight excluding hydrogens is 239 g/mol. The summed E-state index contributed by atoms with van der Waals surface area (Å²) in [4.78, 5) is 7.95. The summed E-state index contributed by atoms with van der Waals surface area (Å²) in [6.45, 7) is 0. The predicted octanol–water partition coefficient (Wildman–Crippen LogP) is 1.99. The Morgan fingerprint density at radius 3 is 2.82 bits per heavy atom. The first-order chi connectivity index (χ1) is 8.15. The Morgan fingerprint density at radius 1 is 1.29 bits per heavy atom. The Balaban J connectivity index is 2.24. The van der Waals surface area contributed by atoms with Gasteiger partial charge in [0.15, 0.2) is 0 Å². The summed E-state index contributed by atoms with van der Waals surface area (Å²) in [6, 6.07) is 4.76. The second kappa shape index (κ2) is 4.84. The molecule has 0 saturated carbocycles. The van der Waals surface area contributed by atoms with E-state index in [0.717, 1.165) is 11.9 Å².